The van der Waals surface area contributed by atoms with Crippen LogP contribution in [0.15, 0.2) is 75.7 Å². The summed E-state index contributed by atoms with van der Waals surface area (Å²) in [5, 5.41) is 3.37. The van der Waals surface area contributed by atoms with Crippen molar-refractivity contribution in [1.29, 1.82) is 0 Å². The number of para-hydroxylation sites is 1. The fraction of sp³-hybridized carbons (Fsp3) is 0.100. The highest BCUT2D eigenvalue weighted by atomic mass is 79.9. The van der Waals surface area contributed by atoms with Gasteiger partial charge in [0, 0.05) is 17.8 Å². The lowest BCUT2D eigenvalue weighted by Crippen LogP contribution is -2.02. The lowest BCUT2D eigenvalue weighted by atomic mass is 10.2. The van der Waals surface area contributed by atoms with Crippen molar-refractivity contribution in [3.8, 4) is 5.75 Å². The van der Waals surface area contributed by atoms with E-state index in [1.54, 1.807) is 18.2 Å². The summed E-state index contributed by atoms with van der Waals surface area (Å²) in [6.45, 7) is 0.861. The largest absolute Gasteiger partial charge is 0.486 e. The summed E-state index contributed by atoms with van der Waals surface area (Å²) in [5.74, 6) is 0.394. The topological polar surface area (TPSA) is 21.3 Å². The molecule has 0 aromatic heterocycles. The first-order valence-corrected chi connectivity index (χ1v) is 9.35. The quantitative estimate of drug-likeness (QED) is 0.447. The van der Waals surface area contributed by atoms with Crippen LogP contribution in [0, 0.1) is 5.82 Å². The zero-order chi connectivity index (χ0) is 17.6. The fourth-order valence-corrected chi connectivity index (χ4v) is 3.89. The van der Waals surface area contributed by atoms with Gasteiger partial charge in [0.2, 0.25) is 0 Å². The van der Waals surface area contributed by atoms with Crippen molar-refractivity contribution in [3.05, 3.63) is 92.6 Å². The van der Waals surface area contributed by atoms with Gasteiger partial charge >= 0.3 is 0 Å². The molecule has 25 heavy (non-hydrogen) atoms. The third-order valence-corrected chi connectivity index (χ3v) is 4.84. The molecule has 0 spiro atoms. The predicted molar refractivity (Wildman–Crippen MR) is 106 cm³/mol. The summed E-state index contributed by atoms with van der Waals surface area (Å²) < 4.78 is 21.2. The molecule has 3 aromatic carbocycles. The number of rotatable bonds is 6. The van der Waals surface area contributed by atoms with Gasteiger partial charge in [-0.05, 0) is 67.8 Å². The average molecular weight is 465 g/mol. The Bertz CT molecular complexity index is 832. The first kappa shape index (κ1) is 18.0. The third kappa shape index (κ3) is 4.83. The molecule has 0 radical (unpaired) electrons. The van der Waals surface area contributed by atoms with E-state index in [4.69, 9.17) is 4.74 Å². The van der Waals surface area contributed by atoms with Crippen molar-refractivity contribution < 1.29 is 9.13 Å². The number of hydrogen-bond donors (Lipinski definition) is 1. The highest BCUT2D eigenvalue weighted by molar-refractivity contribution is 9.11. The first-order chi connectivity index (χ1) is 12.1. The monoisotopic (exact) mass is 463 g/mol. The average Bonchev–Trinajstić information content (AvgIpc) is 2.61. The van der Waals surface area contributed by atoms with Crippen LogP contribution >= 0.6 is 31.9 Å². The summed E-state index contributed by atoms with van der Waals surface area (Å²) in [4.78, 5) is 0. The van der Waals surface area contributed by atoms with Gasteiger partial charge in [-0.1, -0.05) is 36.4 Å². The van der Waals surface area contributed by atoms with Crippen LogP contribution in [0.1, 0.15) is 11.1 Å². The molecule has 2 nitrogen and oxygen atoms in total. The number of hydrogen-bond acceptors (Lipinski definition) is 2. The molecule has 0 unspecified atom stereocenters. The second kappa shape index (κ2) is 8.50. The summed E-state index contributed by atoms with van der Waals surface area (Å²) in [6.07, 6.45) is 0. The molecule has 0 fully saturated rings. The minimum absolute atomic E-state index is 0.172. The Hall–Kier alpha value is -1.85. The molecule has 5 heteroatoms. The number of benzene rings is 3. The lowest BCUT2D eigenvalue weighted by Gasteiger charge is -2.13. The van der Waals surface area contributed by atoms with Gasteiger partial charge in [0.15, 0.2) is 0 Å². The molecular formula is C20H16Br2FNO. The van der Waals surface area contributed by atoms with Crippen LogP contribution in [0.2, 0.25) is 0 Å². The Balaban J connectivity index is 1.68. The van der Waals surface area contributed by atoms with E-state index < -0.39 is 0 Å². The molecule has 1 N–H and O–H groups in total. The van der Waals surface area contributed by atoms with Crippen molar-refractivity contribution in [3.63, 3.8) is 0 Å². The van der Waals surface area contributed by atoms with Crippen LogP contribution < -0.4 is 10.1 Å². The van der Waals surface area contributed by atoms with Crippen LogP contribution in [0.4, 0.5) is 10.1 Å². The van der Waals surface area contributed by atoms with Crippen LogP contribution in [-0.4, -0.2) is 0 Å². The standard InChI is InChI=1S/C20H16Br2FNO/c21-17-10-14(12-24-16-7-2-1-3-8-16)11-18(22)20(17)25-13-15-6-4-5-9-19(15)23/h1-11,24H,12-13H2. The summed E-state index contributed by atoms with van der Waals surface area (Å²) in [7, 11) is 0. The molecular weight excluding hydrogens is 449 g/mol. The summed E-state index contributed by atoms with van der Waals surface area (Å²) in [5.41, 5.74) is 2.69. The van der Waals surface area contributed by atoms with Crippen LogP contribution in [-0.2, 0) is 13.2 Å². The van der Waals surface area contributed by atoms with Gasteiger partial charge in [0.25, 0.3) is 0 Å². The molecule has 0 bridgehead atoms. The van der Waals surface area contributed by atoms with Gasteiger partial charge in [-0.3, -0.25) is 0 Å². The molecule has 0 saturated heterocycles. The normalized spacial score (nSPS) is 10.5. The molecule has 0 atom stereocenters. The van der Waals surface area contributed by atoms with E-state index in [9.17, 15) is 4.39 Å². The van der Waals surface area contributed by atoms with E-state index in [0.29, 0.717) is 17.9 Å². The molecule has 0 saturated carbocycles. The van der Waals surface area contributed by atoms with E-state index in [-0.39, 0.29) is 12.4 Å². The number of halogens is 3. The molecule has 0 amide bonds. The van der Waals surface area contributed by atoms with Crippen LogP contribution in [0.3, 0.4) is 0 Å². The van der Waals surface area contributed by atoms with Crippen molar-refractivity contribution in [2.24, 2.45) is 0 Å². The number of ether oxygens (including phenoxy) is 1. The van der Waals surface area contributed by atoms with Crippen molar-refractivity contribution in [1.82, 2.24) is 0 Å². The molecule has 0 aliphatic heterocycles. The Morgan fingerprint density at radius 3 is 2.20 bits per heavy atom. The Morgan fingerprint density at radius 1 is 0.880 bits per heavy atom. The van der Waals surface area contributed by atoms with Crippen molar-refractivity contribution in [2.45, 2.75) is 13.2 Å². The fourth-order valence-electron chi connectivity index (χ4n) is 2.38. The van der Waals surface area contributed by atoms with E-state index in [1.165, 1.54) is 6.07 Å². The molecule has 3 rings (SSSR count). The van der Waals surface area contributed by atoms with Gasteiger partial charge in [-0.25, -0.2) is 4.39 Å². The first-order valence-electron chi connectivity index (χ1n) is 7.76. The van der Waals surface area contributed by atoms with Crippen LogP contribution in [0.25, 0.3) is 0 Å². The van der Waals surface area contributed by atoms with Gasteiger partial charge in [-0.15, -0.1) is 0 Å². The molecule has 3 aromatic rings. The predicted octanol–water partition coefficient (Wildman–Crippen LogP) is 6.54. The van der Waals surface area contributed by atoms with Gasteiger partial charge in [-0.2, -0.15) is 0 Å². The maximum Gasteiger partial charge on any atom is 0.148 e. The minimum Gasteiger partial charge on any atom is -0.486 e. The lowest BCUT2D eigenvalue weighted by molar-refractivity contribution is 0.296. The smallest absolute Gasteiger partial charge is 0.148 e. The Morgan fingerprint density at radius 2 is 1.52 bits per heavy atom. The van der Waals surface area contributed by atoms with Crippen molar-refractivity contribution in [2.75, 3.05) is 5.32 Å². The second-order valence-corrected chi connectivity index (χ2v) is 7.20. The van der Waals surface area contributed by atoms with E-state index in [1.807, 2.05) is 42.5 Å². The molecule has 0 aliphatic carbocycles. The van der Waals surface area contributed by atoms with Gasteiger partial charge in [0.1, 0.15) is 18.2 Å². The van der Waals surface area contributed by atoms with E-state index in [2.05, 4.69) is 37.2 Å². The highest BCUT2D eigenvalue weighted by Crippen LogP contribution is 2.35. The molecule has 0 aliphatic rings. The SMILES string of the molecule is Fc1ccccc1COc1c(Br)cc(CNc2ccccc2)cc1Br. The number of anilines is 1. The Labute approximate surface area is 163 Å². The van der Waals surface area contributed by atoms with Gasteiger partial charge in [0.05, 0.1) is 8.95 Å². The van der Waals surface area contributed by atoms with Crippen LogP contribution in [0.5, 0.6) is 5.75 Å². The van der Waals surface area contributed by atoms with Crippen molar-refractivity contribution >= 4 is 37.5 Å². The zero-order valence-electron chi connectivity index (χ0n) is 13.3. The number of nitrogens with one attached hydrogen (secondary N) is 1. The third-order valence-electron chi connectivity index (χ3n) is 3.66. The van der Waals surface area contributed by atoms with Gasteiger partial charge < -0.3 is 10.1 Å². The second-order valence-electron chi connectivity index (χ2n) is 5.49. The molecule has 128 valence electrons. The van der Waals surface area contributed by atoms with E-state index in [0.717, 1.165) is 20.2 Å². The zero-order valence-corrected chi connectivity index (χ0v) is 16.5. The maximum atomic E-state index is 13.7. The summed E-state index contributed by atoms with van der Waals surface area (Å²) in [6, 6.07) is 20.6. The van der Waals surface area contributed by atoms with E-state index >= 15 is 0 Å². The summed E-state index contributed by atoms with van der Waals surface area (Å²) >= 11 is 7.08. The maximum absolute atomic E-state index is 13.7. The highest BCUT2D eigenvalue weighted by Gasteiger charge is 2.11. The minimum atomic E-state index is -0.265. The Kier molecular flexibility index (Phi) is 6.10. The molecule has 0 heterocycles.